The van der Waals surface area contributed by atoms with Gasteiger partial charge in [0.1, 0.15) is 0 Å². The highest BCUT2D eigenvalue weighted by Crippen LogP contribution is 2.17. The standard InChI is InChI=1S/C8H12N2O3/c1-5-4-9-10(2)6(5)7(11)8(12)13-3/h4,7,11H,1-3H3. The van der Waals surface area contributed by atoms with Crippen LogP contribution < -0.4 is 0 Å². The number of rotatable bonds is 2. The van der Waals surface area contributed by atoms with Gasteiger partial charge in [-0.25, -0.2) is 4.79 Å². The molecule has 1 aromatic heterocycles. The Morgan fingerprint density at radius 1 is 1.77 bits per heavy atom. The molecule has 0 aliphatic heterocycles. The van der Waals surface area contributed by atoms with Crippen molar-refractivity contribution in [3.8, 4) is 0 Å². The maximum atomic E-state index is 11.0. The molecule has 0 aliphatic rings. The average molecular weight is 184 g/mol. The number of hydrogen-bond acceptors (Lipinski definition) is 4. The lowest BCUT2D eigenvalue weighted by Gasteiger charge is -2.09. The Hall–Kier alpha value is -1.36. The van der Waals surface area contributed by atoms with Gasteiger partial charge >= 0.3 is 5.97 Å². The summed E-state index contributed by atoms with van der Waals surface area (Å²) in [5.74, 6) is -0.674. The molecule has 1 heterocycles. The summed E-state index contributed by atoms with van der Waals surface area (Å²) in [6.07, 6.45) is 0.333. The van der Waals surface area contributed by atoms with Crippen molar-refractivity contribution in [3.63, 3.8) is 0 Å². The molecule has 0 saturated carbocycles. The number of ether oxygens (including phenoxy) is 1. The number of aliphatic hydroxyl groups excluding tert-OH is 1. The van der Waals surface area contributed by atoms with Crippen LogP contribution in [-0.4, -0.2) is 28.0 Å². The Bertz CT molecular complexity index is 300. The fraction of sp³-hybridized carbons (Fsp3) is 0.500. The number of aromatic nitrogens is 2. The lowest BCUT2D eigenvalue weighted by molar-refractivity contribution is -0.151. The first-order valence-corrected chi connectivity index (χ1v) is 3.82. The van der Waals surface area contributed by atoms with Gasteiger partial charge < -0.3 is 9.84 Å². The van der Waals surface area contributed by atoms with E-state index in [4.69, 9.17) is 0 Å². The first-order chi connectivity index (χ1) is 6.07. The fourth-order valence-corrected chi connectivity index (χ4v) is 1.17. The second-order valence-electron chi connectivity index (χ2n) is 2.76. The van der Waals surface area contributed by atoms with Gasteiger partial charge in [-0.2, -0.15) is 5.10 Å². The molecule has 0 fully saturated rings. The molecule has 0 aliphatic carbocycles. The first-order valence-electron chi connectivity index (χ1n) is 3.82. The van der Waals surface area contributed by atoms with Crippen molar-refractivity contribution in [3.05, 3.63) is 17.5 Å². The molecular formula is C8H12N2O3. The predicted molar refractivity (Wildman–Crippen MR) is 44.9 cm³/mol. The minimum absolute atomic E-state index is 0.465. The summed E-state index contributed by atoms with van der Waals surface area (Å²) in [6.45, 7) is 1.77. The van der Waals surface area contributed by atoms with Crippen LogP contribution in [0.3, 0.4) is 0 Å². The second kappa shape index (κ2) is 3.57. The van der Waals surface area contributed by atoms with Gasteiger partial charge in [-0.15, -0.1) is 0 Å². The third kappa shape index (κ3) is 1.70. The van der Waals surface area contributed by atoms with Crippen molar-refractivity contribution < 1.29 is 14.6 Å². The summed E-state index contributed by atoms with van der Waals surface area (Å²) >= 11 is 0. The van der Waals surface area contributed by atoms with Crippen molar-refractivity contribution in [2.75, 3.05) is 7.11 Å². The lowest BCUT2D eigenvalue weighted by atomic mass is 10.2. The topological polar surface area (TPSA) is 64.3 Å². The molecule has 0 amide bonds. The van der Waals surface area contributed by atoms with Gasteiger partial charge in [0.2, 0.25) is 0 Å². The van der Waals surface area contributed by atoms with Gasteiger partial charge in [-0.1, -0.05) is 0 Å². The van der Waals surface area contributed by atoms with E-state index in [1.165, 1.54) is 11.8 Å². The predicted octanol–water partition coefficient (Wildman–Crippen LogP) is -0.0651. The van der Waals surface area contributed by atoms with E-state index >= 15 is 0 Å². The normalized spacial score (nSPS) is 12.6. The molecule has 5 heteroatoms. The maximum Gasteiger partial charge on any atom is 0.341 e. The molecule has 5 nitrogen and oxygen atoms in total. The van der Waals surface area contributed by atoms with Crippen molar-refractivity contribution in [2.24, 2.45) is 7.05 Å². The van der Waals surface area contributed by atoms with E-state index in [2.05, 4.69) is 9.84 Å². The molecule has 1 unspecified atom stereocenters. The van der Waals surface area contributed by atoms with Crippen molar-refractivity contribution >= 4 is 5.97 Å². The molecule has 1 atom stereocenters. The van der Waals surface area contributed by atoms with Crippen molar-refractivity contribution in [1.82, 2.24) is 9.78 Å². The zero-order valence-electron chi connectivity index (χ0n) is 7.81. The number of aryl methyl sites for hydroxylation is 2. The molecule has 13 heavy (non-hydrogen) atoms. The third-order valence-electron chi connectivity index (χ3n) is 1.86. The van der Waals surface area contributed by atoms with Crippen LogP contribution in [-0.2, 0) is 16.6 Å². The largest absolute Gasteiger partial charge is 0.467 e. The number of hydrogen-bond donors (Lipinski definition) is 1. The van der Waals surface area contributed by atoms with E-state index in [1.54, 1.807) is 20.2 Å². The highest BCUT2D eigenvalue weighted by atomic mass is 16.5. The molecule has 72 valence electrons. The molecule has 1 N–H and O–H groups in total. The average Bonchev–Trinajstić information content (AvgIpc) is 2.44. The molecular weight excluding hydrogens is 172 g/mol. The van der Waals surface area contributed by atoms with Gasteiger partial charge in [0.15, 0.2) is 6.10 Å². The zero-order chi connectivity index (χ0) is 10.0. The van der Waals surface area contributed by atoms with Gasteiger partial charge in [0.05, 0.1) is 19.0 Å². The minimum Gasteiger partial charge on any atom is -0.467 e. The Morgan fingerprint density at radius 3 is 2.77 bits per heavy atom. The molecule has 0 aromatic carbocycles. The van der Waals surface area contributed by atoms with E-state index < -0.39 is 12.1 Å². The van der Waals surface area contributed by atoms with Crippen LogP contribution in [0, 0.1) is 6.92 Å². The van der Waals surface area contributed by atoms with Crippen LogP contribution in [0.4, 0.5) is 0 Å². The summed E-state index contributed by atoms with van der Waals surface area (Å²) in [5.41, 5.74) is 1.23. The number of carbonyl (C=O) groups is 1. The number of nitrogens with zero attached hydrogens (tertiary/aromatic N) is 2. The SMILES string of the molecule is COC(=O)C(O)c1c(C)cnn1C. The number of esters is 1. The highest BCUT2D eigenvalue weighted by molar-refractivity contribution is 5.75. The summed E-state index contributed by atoms with van der Waals surface area (Å²) in [4.78, 5) is 11.0. The van der Waals surface area contributed by atoms with Gasteiger partial charge in [0, 0.05) is 7.05 Å². The lowest BCUT2D eigenvalue weighted by Crippen LogP contribution is -2.17. The third-order valence-corrected chi connectivity index (χ3v) is 1.86. The van der Waals surface area contributed by atoms with Gasteiger partial charge in [0.25, 0.3) is 0 Å². The summed E-state index contributed by atoms with van der Waals surface area (Å²) in [6, 6.07) is 0. The van der Waals surface area contributed by atoms with Crippen LogP contribution in [0.2, 0.25) is 0 Å². The van der Waals surface area contributed by atoms with Crippen LogP contribution >= 0.6 is 0 Å². The zero-order valence-corrected chi connectivity index (χ0v) is 7.81. The summed E-state index contributed by atoms with van der Waals surface area (Å²) in [5, 5.41) is 13.4. The summed E-state index contributed by atoms with van der Waals surface area (Å²) in [7, 11) is 2.89. The van der Waals surface area contributed by atoms with Gasteiger partial charge in [-0.3, -0.25) is 4.68 Å². The van der Waals surface area contributed by atoms with E-state index in [-0.39, 0.29) is 0 Å². The van der Waals surface area contributed by atoms with E-state index in [0.717, 1.165) is 5.56 Å². The molecule has 0 saturated heterocycles. The van der Waals surface area contributed by atoms with Crippen LogP contribution in [0.25, 0.3) is 0 Å². The Kier molecular flexibility index (Phi) is 2.67. The number of carbonyl (C=O) groups excluding carboxylic acids is 1. The molecule has 0 spiro atoms. The highest BCUT2D eigenvalue weighted by Gasteiger charge is 2.23. The Morgan fingerprint density at radius 2 is 2.38 bits per heavy atom. The van der Waals surface area contributed by atoms with Crippen LogP contribution in [0.15, 0.2) is 6.20 Å². The van der Waals surface area contributed by atoms with Crippen molar-refractivity contribution in [2.45, 2.75) is 13.0 Å². The smallest absolute Gasteiger partial charge is 0.341 e. The molecule has 1 aromatic rings. The number of methoxy groups -OCH3 is 1. The monoisotopic (exact) mass is 184 g/mol. The van der Waals surface area contributed by atoms with Crippen LogP contribution in [0.5, 0.6) is 0 Å². The fourth-order valence-electron chi connectivity index (χ4n) is 1.17. The minimum atomic E-state index is -1.25. The Balaban J connectivity index is 3.00. The quantitative estimate of drug-likeness (QED) is 0.654. The Labute approximate surface area is 75.9 Å². The first kappa shape index (κ1) is 9.73. The van der Waals surface area contributed by atoms with Gasteiger partial charge in [-0.05, 0) is 12.5 Å². The van der Waals surface area contributed by atoms with E-state index in [0.29, 0.717) is 5.69 Å². The number of aliphatic hydroxyl groups is 1. The molecule has 0 radical (unpaired) electrons. The molecule has 1 rings (SSSR count). The summed E-state index contributed by atoms with van der Waals surface area (Å²) < 4.78 is 5.87. The van der Waals surface area contributed by atoms with Crippen LogP contribution in [0.1, 0.15) is 17.4 Å². The molecule has 0 bridgehead atoms. The second-order valence-corrected chi connectivity index (χ2v) is 2.76. The van der Waals surface area contributed by atoms with E-state index in [9.17, 15) is 9.90 Å². The maximum absolute atomic E-state index is 11.0. The van der Waals surface area contributed by atoms with E-state index in [1.807, 2.05) is 0 Å². The van der Waals surface area contributed by atoms with Crippen molar-refractivity contribution in [1.29, 1.82) is 0 Å².